The number of H-pyrrole nitrogens is 1. The molecule has 1 aliphatic rings. The van der Waals surface area contributed by atoms with E-state index >= 15 is 0 Å². The van der Waals surface area contributed by atoms with Gasteiger partial charge in [0.15, 0.2) is 0 Å². The molecule has 5 heteroatoms. The maximum absolute atomic E-state index is 5.98. The number of nitrogens with zero attached hydrogens (tertiary/aromatic N) is 1. The van der Waals surface area contributed by atoms with Crippen molar-refractivity contribution in [3.05, 3.63) is 51.0 Å². The molecule has 2 nitrogen and oxygen atoms in total. The number of hydrogen-bond acceptors (Lipinski definition) is 3. The largest absolute Gasteiger partial charge is 0.346 e. The molecule has 0 saturated heterocycles. The number of aromatic amines is 1. The maximum atomic E-state index is 5.98. The number of halogens is 1. The number of thioether (sulfide) groups is 1. The van der Waals surface area contributed by atoms with Crippen molar-refractivity contribution in [2.75, 3.05) is 0 Å². The second-order valence-electron chi connectivity index (χ2n) is 4.55. The number of nitrogens with one attached hydrogen (secondary N) is 1. The Morgan fingerprint density at radius 2 is 2.26 bits per heavy atom. The molecule has 1 aromatic heterocycles. The molecule has 0 radical (unpaired) electrons. The summed E-state index contributed by atoms with van der Waals surface area (Å²) < 4.78 is 0.771. The summed E-state index contributed by atoms with van der Waals surface area (Å²) in [7, 11) is 0. The summed E-state index contributed by atoms with van der Waals surface area (Å²) in [5.41, 5.74) is 2.52. The number of hydrogen-bond donors (Lipinski definition) is 1. The Balaban J connectivity index is 1.77. The smallest absolute Gasteiger partial charge is 0.133 e. The first-order chi connectivity index (χ1) is 9.22. The number of aromatic nitrogens is 2. The van der Waals surface area contributed by atoms with Crippen LogP contribution in [0, 0.1) is 4.64 Å². The molecule has 1 aromatic carbocycles. The van der Waals surface area contributed by atoms with E-state index < -0.39 is 0 Å². The summed E-state index contributed by atoms with van der Waals surface area (Å²) in [6.45, 7) is 0. The molecule has 0 atom stereocenters. The Morgan fingerprint density at radius 3 is 3.11 bits per heavy atom. The van der Waals surface area contributed by atoms with Crippen LogP contribution in [0.4, 0.5) is 0 Å². The van der Waals surface area contributed by atoms with Crippen LogP contribution in [0.3, 0.4) is 0 Å². The van der Waals surface area contributed by atoms with Gasteiger partial charge in [-0.1, -0.05) is 29.9 Å². The van der Waals surface area contributed by atoms with E-state index in [4.69, 9.17) is 23.8 Å². The molecular weight excluding hydrogens is 296 g/mol. The van der Waals surface area contributed by atoms with Crippen LogP contribution in [0.25, 0.3) is 0 Å². The average molecular weight is 309 g/mol. The van der Waals surface area contributed by atoms with Crippen LogP contribution in [-0.4, -0.2) is 9.97 Å². The second kappa shape index (κ2) is 5.65. The first-order valence-corrected chi connectivity index (χ1v) is 7.99. The summed E-state index contributed by atoms with van der Waals surface area (Å²) in [5, 5.41) is 0.764. The molecule has 1 aliphatic carbocycles. The highest BCUT2D eigenvalue weighted by Gasteiger charge is 2.14. The number of rotatable bonds is 3. The van der Waals surface area contributed by atoms with Gasteiger partial charge in [0, 0.05) is 21.2 Å². The SMILES string of the molecule is S=c1nc(CSc2cccc(Cl)c2)[nH]c2c1CCC2. The Bertz CT molecular complexity index is 667. The van der Waals surface area contributed by atoms with Gasteiger partial charge in [-0.15, -0.1) is 11.8 Å². The van der Waals surface area contributed by atoms with E-state index in [9.17, 15) is 0 Å². The molecule has 2 aromatic rings. The Kier molecular flexibility index (Phi) is 3.91. The fourth-order valence-electron chi connectivity index (χ4n) is 2.29. The van der Waals surface area contributed by atoms with Crippen molar-refractivity contribution in [2.24, 2.45) is 0 Å². The monoisotopic (exact) mass is 308 g/mol. The average Bonchev–Trinajstić information content (AvgIpc) is 2.85. The van der Waals surface area contributed by atoms with Crippen LogP contribution in [0.5, 0.6) is 0 Å². The van der Waals surface area contributed by atoms with Crippen molar-refractivity contribution < 1.29 is 0 Å². The minimum absolute atomic E-state index is 0.764. The van der Waals surface area contributed by atoms with Crippen molar-refractivity contribution in [3.63, 3.8) is 0 Å². The predicted octanol–water partition coefficient (Wildman–Crippen LogP) is 4.57. The predicted molar refractivity (Wildman–Crippen MR) is 82.5 cm³/mol. The minimum Gasteiger partial charge on any atom is -0.346 e. The van der Waals surface area contributed by atoms with Gasteiger partial charge in [0.05, 0.1) is 5.75 Å². The maximum Gasteiger partial charge on any atom is 0.133 e. The fourth-order valence-corrected chi connectivity index (χ4v) is 3.70. The highest BCUT2D eigenvalue weighted by molar-refractivity contribution is 7.98. The van der Waals surface area contributed by atoms with Crippen LogP contribution in [0.1, 0.15) is 23.5 Å². The van der Waals surface area contributed by atoms with E-state index in [1.54, 1.807) is 11.8 Å². The molecule has 0 saturated carbocycles. The van der Waals surface area contributed by atoms with Gasteiger partial charge in [-0.2, -0.15) is 0 Å². The lowest BCUT2D eigenvalue weighted by Gasteiger charge is -2.06. The summed E-state index contributed by atoms with van der Waals surface area (Å²) in [6.07, 6.45) is 3.34. The lowest BCUT2D eigenvalue weighted by molar-refractivity contribution is 0.893. The van der Waals surface area contributed by atoms with Gasteiger partial charge in [0.2, 0.25) is 0 Å². The van der Waals surface area contributed by atoms with Gasteiger partial charge in [-0.05, 0) is 37.5 Å². The molecule has 0 amide bonds. The lowest BCUT2D eigenvalue weighted by Crippen LogP contribution is -1.99. The molecule has 19 heavy (non-hydrogen) atoms. The Labute approximate surface area is 126 Å². The highest BCUT2D eigenvalue weighted by atomic mass is 35.5. The summed E-state index contributed by atoms with van der Waals surface area (Å²) in [5.74, 6) is 1.74. The van der Waals surface area contributed by atoms with Crippen LogP contribution in [0.2, 0.25) is 5.02 Å². The van der Waals surface area contributed by atoms with E-state index in [2.05, 4.69) is 16.0 Å². The van der Waals surface area contributed by atoms with Crippen molar-refractivity contribution in [1.29, 1.82) is 0 Å². The van der Waals surface area contributed by atoms with Crippen LogP contribution < -0.4 is 0 Å². The number of aryl methyl sites for hydroxylation is 1. The lowest BCUT2D eigenvalue weighted by atomic mass is 10.3. The van der Waals surface area contributed by atoms with E-state index in [-0.39, 0.29) is 0 Å². The molecule has 0 fully saturated rings. The molecule has 1 heterocycles. The van der Waals surface area contributed by atoms with Gasteiger partial charge >= 0.3 is 0 Å². The van der Waals surface area contributed by atoms with Crippen molar-refractivity contribution in [2.45, 2.75) is 29.9 Å². The fraction of sp³-hybridized carbons (Fsp3) is 0.286. The zero-order valence-corrected chi connectivity index (χ0v) is 12.7. The van der Waals surface area contributed by atoms with Crippen molar-refractivity contribution in [3.8, 4) is 0 Å². The summed E-state index contributed by atoms with van der Waals surface area (Å²) in [4.78, 5) is 9.05. The normalized spacial score (nSPS) is 13.5. The quantitative estimate of drug-likeness (QED) is 0.665. The Hall–Kier alpha value is -0.840. The molecule has 1 N–H and O–H groups in total. The number of benzene rings is 1. The van der Waals surface area contributed by atoms with Gasteiger partial charge in [0.25, 0.3) is 0 Å². The van der Waals surface area contributed by atoms with Gasteiger partial charge in [-0.25, -0.2) is 4.98 Å². The number of fused-ring (bicyclic) bond motifs is 1. The van der Waals surface area contributed by atoms with E-state index in [1.165, 1.54) is 17.7 Å². The van der Waals surface area contributed by atoms with Crippen LogP contribution in [0.15, 0.2) is 29.2 Å². The third-order valence-electron chi connectivity index (χ3n) is 3.18. The van der Waals surface area contributed by atoms with Crippen LogP contribution in [-0.2, 0) is 18.6 Å². The molecule has 0 unspecified atom stereocenters. The minimum atomic E-state index is 0.764. The summed E-state index contributed by atoms with van der Waals surface area (Å²) >= 11 is 13.0. The molecule has 0 aliphatic heterocycles. The molecule has 0 spiro atoms. The van der Waals surface area contributed by atoms with Crippen LogP contribution >= 0.6 is 35.6 Å². The summed E-state index contributed by atoms with van der Waals surface area (Å²) in [6, 6.07) is 7.86. The first kappa shape index (κ1) is 13.2. The van der Waals surface area contributed by atoms with E-state index in [0.717, 1.165) is 39.0 Å². The standard InChI is InChI=1S/C14H13ClN2S2/c15-9-3-1-4-10(7-9)19-8-13-16-12-6-2-5-11(12)14(18)17-13/h1,3-4,7H,2,5-6,8H2,(H,16,17,18). The van der Waals surface area contributed by atoms with Gasteiger partial charge in [-0.3, -0.25) is 0 Å². The molecule has 0 bridgehead atoms. The van der Waals surface area contributed by atoms with Crippen molar-refractivity contribution >= 4 is 35.6 Å². The third kappa shape index (κ3) is 3.02. The van der Waals surface area contributed by atoms with Gasteiger partial charge in [0.1, 0.15) is 10.5 Å². The van der Waals surface area contributed by atoms with E-state index in [0.29, 0.717) is 0 Å². The van der Waals surface area contributed by atoms with E-state index in [1.807, 2.05) is 18.2 Å². The molecule has 3 rings (SSSR count). The molecular formula is C14H13ClN2S2. The second-order valence-corrected chi connectivity index (χ2v) is 6.42. The van der Waals surface area contributed by atoms with Crippen molar-refractivity contribution in [1.82, 2.24) is 9.97 Å². The zero-order chi connectivity index (χ0) is 13.2. The van der Waals surface area contributed by atoms with Gasteiger partial charge < -0.3 is 4.98 Å². The zero-order valence-electron chi connectivity index (χ0n) is 10.3. The highest BCUT2D eigenvalue weighted by Crippen LogP contribution is 2.26. The topological polar surface area (TPSA) is 28.7 Å². The third-order valence-corrected chi connectivity index (χ3v) is 4.76. The molecule has 98 valence electrons. The Morgan fingerprint density at radius 1 is 1.37 bits per heavy atom. The first-order valence-electron chi connectivity index (χ1n) is 6.22.